The Kier molecular flexibility index (Phi) is 2.07. The van der Waals surface area contributed by atoms with Gasteiger partial charge in [-0.3, -0.25) is 4.40 Å². The molecule has 0 aromatic carbocycles. The Morgan fingerprint density at radius 3 is 2.62 bits per heavy atom. The maximum Gasteiger partial charge on any atom is 0.420 e. The first-order chi connectivity index (χ1) is 7.41. The van der Waals surface area contributed by atoms with Gasteiger partial charge in [-0.15, -0.1) is 10.2 Å². The molecular formula is C8H4F3N3O2. The van der Waals surface area contributed by atoms with Crippen LogP contribution in [0.5, 0.6) is 0 Å². The smallest absolute Gasteiger partial charge is 0.420 e. The highest BCUT2D eigenvalue weighted by Crippen LogP contribution is 2.31. The predicted octanol–water partition coefficient (Wildman–Crippen LogP) is 1.45. The maximum absolute atomic E-state index is 12.5. The zero-order chi connectivity index (χ0) is 11.9. The predicted molar refractivity (Wildman–Crippen MR) is 44.9 cm³/mol. The number of rotatable bonds is 1. The summed E-state index contributed by atoms with van der Waals surface area (Å²) in [7, 11) is 0. The molecule has 0 spiro atoms. The highest BCUT2D eigenvalue weighted by Gasteiger charge is 2.34. The summed E-state index contributed by atoms with van der Waals surface area (Å²) in [6.45, 7) is 0. The molecule has 0 amide bonds. The van der Waals surface area contributed by atoms with Crippen molar-refractivity contribution in [2.75, 3.05) is 0 Å². The number of nitrogens with zero attached hydrogens (tertiary/aromatic N) is 3. The first-order valence-corrected chi connectivity index (χ1v) is 4.05. The lowest BCUT2D eigenvalue weighted by atomic mass is 10.2. The Balaban J connectivity index is 2.77. The second-order valence-corrected chi connectivity index (χ2v) is 2.94. The van der Waals surface area contributed by atoms with Crippen molar-refractivity contribution in [1.82, 2.24) is 14.6 Å². The number of hydrogen-bond acceptors (Lipinski definition) is 3. The van der Waals surface area contributed by atoms with Crippen LogP contribution in [0.1, 0.15) is 16.2 Å². The van der Waals surface area contributed by atoms with Crippen molar-refractivity contribution < 1.29 is 23.1 Å². The van der Waals surface area contributed by atoms with Gasteiger partial charge in [-0.25, -0.2) is 4.79 Å². The fraction of sp³-hybridized carbons (Fsp3) is 0.125. The molecule has 0 aliphatic heterocycles. The zero-order valence-corrected chi connectivity index (χ0v) is 7.56. The van der Waals surface area contributed by atoms with Crippen LogP contribution in [0.15, 0.2) is 18.3 Å². The Morgan fingerprint density at radius 1 is 1.38 bits per heavy atom. The molecule has 0 aliphatic carbocycles. The number of pyridine rings is 1. The van der Waals surface area contributed by atoms with Crippen LogP contribution in [0.3, 0.4) is 0 Å². The molecule has 2 aromatic heterocycles. The Hall–Kier alpha value is -2.12. The summed E-state index contributed by atoms with van der Waals surface area (Å²) in [4.78, 5) is 10.6. The highest BCUT2D eigenvalue weighted by atomic mass is 19.4. The Morgan fingerprint density at radius 2 is 2.06 bits per heavy atom. The van der Waals surface area contributed by atoms with E-state index in [1.807, 2.05) is 0 Å². The van der Waals surface area contributed by atoms with Crippen LogP contribution >= 0.6 is 0 Å². The van der Waals surface area contributed by atoms with E-state index in [2.05, 4.69) is 10.2 Å². The zero-order valence-electron chi connectivity index (χ0n) is 7.56. The largest absolute Gasteiger partial charge is 0.475 e. The normalized spacial score (nSPS) is 11.9. The van der Waals surface area contributed by atoms with E-state index in [9.17, 15) is 18.0 Å². The molecule has 0 aliphatic rings. The number of hydrogen-bond donors (Lipinski definition) is 1. The van der Waals surface area contributed by atoms with Crippen LogP contribution in [-0.4, -0.2) is 25.7 Å². The third-order valence-corrected chi connectivity index (χ3v) is 1.93. The minimum atomic E-state index is -4.59. The van der Waals surface area contributed by atoms with Crippen molar-refractivity contribution in [1.29, 1.82) is 0 Å². The molecule has 0 unspecified atom stereocenters. The van der Waals surface area contributed by atoms with Gasteiger partial charge in [-0.2, -0.15) is 13.2 Å². The molecule has 0 saturated heterocycles. The van der Waals surface area contributed by atoms with Crippen LogP contribution < -0.4 is 0 Å². The van der Waals surface area contributed by atoms with E-state index in [0.717, 1.165) is 22.7 Å². The third-order valence-electron chi connectivity index (χ3n) is 1.93. The minimum Gasteiger partial charge on any atom is -0.475 e. The second kappa shape index (κ2) is 3.19. The van der Waals surface area contributed by atoms with Gasteiger partial charge in [0, 0.05) is 6.20 Å². The lowest BCUT2D eigenvalue weighted by molar-refractivity contribution is -0.136. The van der Waals surface area contributed by atoms with Crippen LogP contribution in [-0.2, 0) is 6.18 Å². The first kappa shape index (κ1) is 10.4. The summed E-state index contributed by atoms with van der Waals surface area (Å²) in [6.07, 6.45) is -3.43. The van der Waals surface area contributed by atoms with Crippen molar-refractivity contribution in [3.63, 3.8) is 0 Å². The monoisotopic (exact) mass is 231 g/mol. The number of alkyl halides is 3. The number of carboxylic acid groups (broad SMARTS) is 1. The molecule has 0 atom stereocenters. The van der Waals surface area contributed by atoms with E-state index < -0.39 is 29.2 Å². The van der Waals surface area contributed by atoms with E-state index in [0.29, 0.717) is 0 Å². The van der Waals surface area contributed by atoms with Gasteiger partial charge in [-0.1, -0.05) is 0 Å². The van der Waals surface area contributed by atoms with Crippen LogP contribution in [0.4, 0.5) is 13.2 Å². The summed E-state index contributed by atoms with van der Waals surface area (Å²) in [5.41, 5.74) is -1.54. The lowest BCUT2D eigenvalue weighted by Gasteiger charge is -2.06. The number of carboxylic acids is 1. The van der Waals surface area contributed by atoms with Crippen LogP contribution in [0, 0.1) is 0 Å². The maximum atomic E-state index is 12.5. The quantitative estimate of drug-likeness (QED) is 0.806. The summed E-state index contributed by atoms with van der Waals surface area (Å²) in [5, 5.41) is 15.1. The summed E-state index contributed by atoms with van der Waals surface area (Å²) in [6, 6.07) is 1.90. The number of halogens is 3. The van der Waals surface area contributed by atoms with Gasteiger partial charge in [0.1, 0.15) is 5.56 Å². The standard InChI is InChI=1S/C8H4F3N3O2/c9-8(10,11)4-2-1-3-14-5(4)12-13-6(14)7(15)16/h1-3H,(H,15,16). The fourth-order valence-electron chi connectivity index (χ4n) is 1.28. The van der Waals surface area contributed by atoms with E-state index in [1.165, 1.54) is 0 Å². The van der Waals surface area contributed by atoms with Gasteiger partial charge < -0.3 is 5.11 Å². The van der Waals surface area contributed by atoms with Crippen molar-refractivity contribution in [3.05, 3.63) is 29.7 Å². The fourth-order valence-corrected chi connectivity index (χ4v) is 1.28. The average Bonchev–Trinajstić information content (AvgIpc) is 2.58. The highest BCUT2D eigenvalue weighted by molar-refractivity contribution is 5.84. The number of carbonyl (C=O) groups is 1. The molecule has 2 aromatic rings. The van der Waals surface area contributed by atoms with Crippen molar-refractivity contribution in [2.24, 2.45) is 0 Å². The average molecular weight is 231 g/mol. The van der Waals surface area contributed by atoms with E-state index in [-0.39, 0.29) is 0 Å². The molecule has 0 radical (unpaired) electrons. The lowest BCUT2D eigenvalue weighted by Crippen LogP contribution is -2.09. The molecule has 84 valence electrons. The minimum absolute atomic E-state index is 0.521. The Labute approximate surface area is 86.1 Å². The molecule has 2 heterocycles. The van der Waals surface area contributed by atoms with Crippen molar-refractivity contribution >= 4 is 11.6 Å². The molecule has 0 saturated carbocycles. The Bertz CT molecular complexity index is 561. The number of fused-ring (bicyclic) bond motifs is 1. The second-order valence-electron chi connectivity index (χ2n) is 2.94. The first-order valence-electron chi connectivity index (χ1n) is 4.05. The molecule has 2 rings (SSSR count). The summed E-state index contributed by atoms with van der Waals surface area (Å²) < 4.78 is 38.3. The van der Waals surface area contributed by atoms with E-state index >= 15 is 0 Å². The summed E-state index contributed by atoms with van der Waals surface area (Å²) in [5.74, 6) is -1.99. The molecule has 16 heavy (non-hydrogen) atoms. The van der Waals surface area contributed by atoms with Crippen molar-refractivity contribution in [2.45, 2.75) is 6.18 Å². The van der Waals surface area contributed by atoms with Gasteiger partial charge >= 0.3 is 12.1 Å². The molecule has 0 bridgehead atoms. The number of aromatic carboxylic acids is 1. The van der Waals surface area contributed by atoms with Gasteiger partial charge in [0.25, 0.3) is 0 Å². The molecule has 1 N–H and O–H groups in total. The van der Waals surface area contributed by atoms with E-state index in [1.54, 1.807) is 0 Å². The molecule has 0 fully saturated rings. The molecule has 5 nitrogen and oxygen atoms in total. The molecular weight excluding hydrogens is 227 g/mol. The van der Waals surface area contributed by atoms with Crippen LogP contribution in [0.2, 0.25) is 0 Å². The SMILES string of the molecule is O=C(O)c1nnc2c(C(F)(F)F)cccn12. The topological polar surface area (TPSA) is 67.5 Å². The molecule has 8 heteroatoms. The van der Waals surface area contributed by atoms with Crippen LogP contribution in [0.25, 0.3) is 5.65 Å². The van der Waals surface area contributed by atoms with Gasteiger partial charge in [0.05, 0.1) is 0 Å². The van der Waals surface area contributed by atoms with Gasteiger partial charge in [0.2, 0.25) is 5.82 Å². The van der Waals surface area contributed by atoms with Gasteiger partial charge in [-0.05, 0) is 12.1 Å². The van der Waals surface area contributed by atoms with E-state index in [4.69, 9.17) is 5.11 Å². The third kappa shape index (κ3) is 1.47. The van der Waals surface area contributed by atoms with Crippen molar-refractivity contribution in [3.8, 4) is 0 Å². The summed E-state index contributed by atoms with van der Waals surface area (Å²) >= 11 is 0. The van der Waals surface area contributed by atoms with Gasteiger partial charge in [0.15, 0.2) is 5.65 Å². The number of aromatic nitrogens is 3.